The molecule has 3 aliphatic rings. The van der Waals surface area contributed by atoms with Crippen molar-refractivity contribution in [1.29, 1.82) is 0 Å². The van der Waals surface area contributed by atoms with Crippen LogP contribution in [0.15, 0.2) is 0 Å². The van der Waals surface area contributed by atoms with Crippen molar-refractivity contribution in [3.05, 3.63) is 0 Å². The van der Waals surface area contributed by atoms with Crippen LogP contribution in [0, 0.1) is 5.92 Å². The summed E-state index contributed by atoms with van der Waals surface area (Å²) in [5, 5.41) is 13.5. The van der Waals surface area contributed by atoms with Gasteiger partial charge in [-0.25, -0.2) is 0 Å². The molecule has 2 saturated heterocycles. The SMILES string of the molecule is OC1CCCC(CNC2CCN3CCCC3C2)C1. The van der Waals surface area contributed by atoms with Crippen LogP contribution >= 0.6 is 0 Å². The van der Waals surface area contributed by atoms with Crippen molar-refractivity contribution in [3.8, 4) is 0 Å². The molecule has 104 valence electrons. The molecule has 2 aliphatic heterocycles. The summed E-state index contributed by atoms with van der Waals surface area (Å²) >= 11 is 0. The number of fused-ring (bicyclic) bond motifs is 1. The average molecular weight is 252 g/mol. The Hall–Kier alpha value is -0.120. The zero-order valence-corrected chi connectivity index (χ0v) is 11.5. The molecule has 3 heteroatoms. The van der Waals surface area contributed by atoms with E-state index < -0.39 is 0 Å². The third kappa shape index (κ3) is 3.06. The van der Waals surface area contributed by atoms with Crippen molar-refractivity contribution in [2.24, 2.45) is 5.92 Å². The number of aliphatic hydroxyl groups is 1. The molecule has 0 amide bonds. The molecule has 3 nitrogen and oxygen atoms in total. The van der Waals surface area contributed by atoms with Gasteiger partial charge in [-0.2, -0.15) is 0 Å². The van der Waals surface area contributed by atoms with Crippen LogP contribution in [-0.2, 0) is 0 Å². The predicted octanol–water partition coefficient (Wildman–Crippen LogP) is 1.75. The summed E-state index contributed by atoms with van der Waals surface area (Å²) in [5.74, 6) is 0.718. The Morgan fingerprint density at radius 3 is 2.83 bits per heavy atom. The number of nitrogens with one attached hydrogen (secondary N) is 1. The van der Waals surface area contributed by atoms with E-state index >= 15 is 0 Å². The van der Waals surface area contributed by atoms with Gasteiger partial charge in [0.05, 0.1) is 6.10 Å². The normalized spacial score (nSPS) is 41.8. The van der Waals surface area contributed by atoms with E-state index in [1.807, 2.05) is 0 Å². The molecule has 0 spiro atoms. The molecule has 0 radical (unpaired) electrons. The maximum atomic E-state index is 9.71. The molecule has 0 aromatic carbocycles. The molecule has 0 bridgehead atoms. The van der Waals surface area contributed by atoms with Crippen molar-refractivity contribution in [2.75, 3.05) is 19.6 Å². The number of rotatable bonds is 3. The highest BCUT2D eigenvalue weighted by Gasteiger charge is 2.31. The van der Waals surface area contributed by atoms with Crippen LogP contribution in [-0.4, -0.2) is 47.8 Å². The summed E-state index contributed by atoms with van der Waals surface area (Å²) < 4.78 is 0. The second-order valence-electron chi connectivity index (χ2n) is 6.65. The third-order valence-electron chi connectivity index (χ3n) is 5.27. The Morgan fingerprint density at radius 2 is 1.94 bits per heavy atom. The maximum absolute atomic E-state index is 9.71. The largest absolute Gasteiger partial charge is 0.393 e. The summed E-state index contributed by atoms with van der Waals surface area (Å²) in [6, 6.07) is 1.61. The zero-order chi connectivity index (χ0) is 12.4. The first-order valence-corrected chi connectivity index (χ1v) is 7.97. The van der Waals surface area contributed by atoms with Gasteiger partial charge in [-0.15, -0.1) is 0 Å². The quantitative estimate of drug-likeness (QED) is 0.803. The average Bonchev–Trinajstić information content (AvgIpc) is 2.84. The Morgan fingerprint density at radius 1 is 1.00 bits per heavy atom. The maximum Gasteiger partial charge on any atom is 0.0543 e. The minimum Gasteiger partial charge on any atom is -0.393 e. The molecular formula is C15H28N2O. The highest BCUT2D eigenvalue weighted by molar-refractivity contribution is 4.89. The number of hydrogen-bond acceptors (Lipinski definition) is 3. The Labute approximate surface area is 111 Å². The first-order chi connectivity index (χ1) is 8.81. The van der Waals surface area contributed by atoms with E-state index in [4.69, 9.17) is 0 Å². The van der Waals surface area contributed by atoms with E-state index in [1.54, 1.807) is 0 Å². The number of hydrogen-bond donors (Lipinski definition) is 2. The molecule has 0 aromatic rings. The Kier molecular flexibility index (Phi) is 4.22. The lowest BCUT2D eigenvalue weighted by molar-refractivity contribution is 0.0964. The molecule has 3 fully saturated rings. The van der Waals surface area contributed by atoms with Crippen molar-refractivity contribution in [1.82, 2.24) is 10.2 Å². The van der Waals surface area contributed by atoms with Gasteiger partial charge in [0.25, 0.3) is 0 Å². The van der Waals surface area contributed by atoms with E-state index in [-0.39, 0.29) is 6.10 Å². The fraction of sp³-hybridized carbons (Fsp3) is 1.00. The van der Waals surface area contributed by atoms with Gasteiger partial charge in [-0.05, 0) is 70.5 Å². The minimum absolute atomic E-state index is 0.0257. The predicted molar refractivity (Wildman–Crippen MR) is 73.6 cm³/mol. The molecule has 2 N–H and O–H groups in total. The lowest BCUT2D eigenvalue weighted by Crippen LogP contribution is -2.47. The van der Waals surface area contributed by atoms with Crippen LogP contribution in [0.2, 0.25) is 0 Å². The van der Waals surface area contributed by atoms with Gasteiger partial charge in [-0.3, -0.25) is 0 Å². The van der Waals surface area contributed by atoms with Gasteiger partial charge in [0, 0.05) is 12.1 Å². The summed E-state index contributed by atoms with van der Waals surface area (Å²) in [6.45, 7) is 3.77. The fourth-order valence-corrected chi connectivity index (χ4v) is 4.19. The number of nitrogens with zero attached hydrogens (tertiary/aromatic N) is 1. The highest BCUT2D eigenvalue weighted by atomic mass is 16.3. The van der Waals surface area contributed by atoms with E-state index in [0.717, 1.165) is 37.4 Å². The summed E-state index contributed by atoms with van der Waals surface area (Å²) in [5.41, 5.74) is 0. The molecule has 1 saturated carbocycles. The van der Waals surface area contributed by atoms with Crippen molar-refractivity contribution >= 4 is 0 Å². The number of piperidine rings is 1. The molecule has 2 heterocycles. The van der Waals surface area contributed by atoms with E-state index in [2.05, 4.69) is 10.2 Å². The van der Waals surface area contributed by atoms with Crippen LogP contribution in [0.4, 0.5) is 0 Å². The van der Waals surface area contributed by atoms with Crippen molar-refractivity contribution < 1.29 is 5.11 Å². The van der Waals surface area contributed by atoms with Gasteiger partial charge in [0.2, 0.25) is 0 Å². The van der Waals surface area contributed by atoms with Crippen molar-refractivity contribution in [3.63, 3.8) is 0 Å². The van der Waals surface area contributed by atoms with Crippen LogP contribution in [0.5, 0.6) is 0 Å². The number of aliphatic hydroxyl groups excluding tert-OH is 1. The highest BCUT2D eigenvalue weighted by Crippen LogP contribution is 2.28. The van der Waals surface area contributed by atoms with Gasteiger partial charge >= 0.3 is 0 Å². The summed E-state index contributed by atoms with van der Waals surface area (Å²) in [4.78, 5) is 2.68. The second-order valence-corrected chi connectivity index (χ2v) is 6.65. The van der Waals surface area contributed by atoms with Gasteiger partial charge < -0.3 is 15.3 Å². The zero-order valence-electron chi connectivity index (χ0n) is 11.5. The molecule has 3 rings (SSSR count). The van der Waals surface area contributed by atoms with Crippen LogP contribution in [0.25, 0.3) is 0 Å². The molecule has 4 atom stereocenters. The van der Waals surface area contributed by atoms with Crippen LogP contribution < -0.4 is 5.32 Å². The van der Waals surface area contributed by atoms with Gasteiger partial charge in [-0.1, -0.05) is 6.42 Å². The Balaban J connectivity index is 1.40. The van der Waals surface area contributed by atoms with E-state index in [1.165, 1.54) is 51.6 Å². The van der Waals surface area contributed by atoms with E-state index in [9.17, 15) is 5.11 Å². The van der Waals surface area contributed by atoms with Gasteiger partial charge in [0.1, 0.15) is 0 Å². The van der Waals surface area contributed by atoms with E-state index in [0.29, 0.717) is 0 Å². The molecule has 18 heavy (non-hydrogen) atoms. The lowest BCUT2D eigenvalue weighted by Gasteiger charge is -2.36. The lowest BCUT2D eigenvalue weighted by atomic mass is 9.87. The molecule has 4 unspecified atom stereocenters. The Bertz CT molecular complexity index is 271. The second kappa shape index (κ2) is 5.89. The molecule has 1 aliphatic carbocycles. The summed E-state index contributed by atoms with van der Waals surface area (Å²) in [6.07, 6.45) is 10.1. The van der Waals surface area contributed by atoms with Crippen molar-refractivity contribution in [2.45, 2.75) is 69.6 Å². The fourth-order valence-electron chi connectivity index (χ4n) is 4.19. The summed E-state index contributed by atoms with van der Waals surface area (Å²) in [7, 11) is 0. The molecule has 0 aromatic heterocycles. The first kappa shape index (κ1) is 12.9. The first-order valence-electron chi connectivity index (χ1n) is 7.97. The van der Waals surface area contributed by atoms with Gasteiger partial charge in [0.15, 0.2) is 0 Å². The topological polar surface area (TPSA) is 35.5 Å². The third-order valence-corrected chi connectivity index (χ3v) is 5.27. The molecular weight excluding hydrogens is 224 g/mol. The smallest absolute Gasteiger partial charge is 0.0543 e. The standard InChI is InChI=1S/C15H28N2O/c18-15-5-1-3-12(9-15)11-16-13-6-8-17-7-2-4-14(17)10-13/h12-16,18H,1-11H2. The van der Waals surface area contributed by atoms with Crippen LogP contribution in [0.1, 0.15) is 51.4 Å². The monoisotopic (exact) mass is 252 g/mol. The minimum atomic E-state index is -0.0257. The van der Waals surface area contributed by atoms with Crippen LogP contribution in [0.3, 0.4) is 0 Å².